The van der Waals surface area contributed by atoms with Crippen LogP contribution >= 0.6 is 0 Å². The van der Waals surface area contributed by atoms with Gasteiger partial charge in [0, 0.05) is 20.0 Å². The Morgan fingerprint density at radius 2 is 1.67 bits per heavy atom. The molecule has 0 amide bonds. The molecule has 4 nitrogen and oxygen atoms in total. The summed E-state index contributed by atoms with van der Waals surface area (Å²) in [5.41, 5.74) is 0.105. The first-order valence-electron chi connectivity index (χ1n) is 9.73. The highest BCUT2D eigenvalue weighted by Gasteiger charge is 2.65. The minimum absolute atomic E-state index is 0.0102. The van der Waals surface area contributed by atoms with Gasteiger partial charge in [-0.1, -0.05) is 13.8 Å². The van der Waals surface area contributed by atoms with E-state index in [4.69, 9.17) is 4.74 Å². The molecule has 4 aliphatic carbocycles. The van der Waals surface area contributed by atoms with Crippen LogP contribution in [0.4, 0.5) is 0 Å². The summed E-state index contributed by atoms with van der Waals surface area (Å²) in [4.78, 5) is 12.0. The van der Waals surface area contributed by atoms with E-state index in [1.807, 2.05) is 0 Å². The summed E-state index contributed by atoms with van der Waals surface area (Å²) in [5, 5.41) is 21.9. The highest BCUT2D eigenvalue weighted by atomic mass is 16.5. The van der Waals surface area contributed by atoms with Crippen LogP contribution in [0.2, 0.25) is 0 Å². The Morgan fingerprint density at radius 1 is 0.958 bits per heavy atom. The molecular formula is C20H32O4. The molecule has 0 saturated heterocycles. The number of ether oxygens (including phenoxy) is 1. The summed E-state index contributed by atoms with van der Waals surface area (Å²) in [5.74, 6) is 1.17. The summed E-state index contributed by atoms with van der Waals surface area (Å²) in [6.45, 7) is 4.61. The van der Waals surface area contributed by atoms with Crippen molar-refractivity contribution >= 4 is 5.78 Å². The van der Waals surface area contributed by atoms with Crippen LogP contribution in [0, 0.1) is 34.5 Å². The van der Waals surface area contributed by atoms with Gasteiger partial charge in [-0.05, 0) is 66.6 Å². The number of hydrogen-bond acceptors (Lipinski definition) is 4. The van der Waals surface area contributed by atoms with E-state index in [0.29, 0.717) is 24.7 Å². The van der Waals surface area contributed by atoms with E-state index in [1.54, 1.807) is 7.11 Å². The topological polar surface area (TPSA) is 66.8 Å². The highest BCUT2D eigenvalue weighted by molar-refractivity contribution is 5.79. The molecule has 136 valence electrons. The second kappa shape index (κ2) is 5.52. The van der Waals surface area contributed by atoms with Crippen LogP contribution in [0.25, 0.3) is 0 Å². The van der Waals surface area contributed by atoms with Gasteiger partial charge in [0.2, 0.25) is 0 Å². The zero-order valence-corrected chi connectivity index (χ0v) is 15.2. The van der Waals surface area contributed by atoms with Crippen LogP contribution in [0.5, 0.6) is 0 Å². The number of fused-ring (bicyclic) bond motifs is 5. The predicted octanol–water partition coefficient (Wildman–Crippen LogP) is 2.55. The van der Waals surface area contributed by atoms with Gasteiger partial charge in [-0.3, -0.25) is 4.79 Å². The predicted molar refractivity (Wildman–Crippen MR) is 90.3 cm³/mol. The third-order valence-corrected chi connectivity index (χ3v) is 8.77. The SMILES string of the molecule is CO[C@H]1CC[C@H]2[C@@H]3[C@@H](O)[C@H](O)[C@H]4CC(=O)CC[C@]4(C)[C@H]3CC[C@]12C. The summed E-state index contributed by atoms with van der Waals surface area (Å²) >= 11 is 0. The number of hydrogen-bond donors (Lipinski definition) is 2. The van der Waals surface area contributed by atoms with E-state index in [1.165, 1.54) is 0 Å². The van der Waals surface area contributed by atoms with Crippen LogP contribution in [0.15, 0.2) is 0 Å². The molecule has 0 spiro atoms. The average molecular weight is 336 g/mol. The van der Waals surface area contributed by atoms with Gasteiger partial charge in [0.05, 0.1) is 18.3 Å². The minimum atomic E-state index is -0.760. The van der Waals surface area contributed by atoms with E-state index in [0.717, 1.165) is 32.1 Å². The summed E-state index contributed by atoms with van der Waals surface area (Å²) in [6.07, 6.45) is 5.14. The van der Waals surface area contributed by atoms with E-state index in [9.17, 15) is 15.0 Å². The molecule has 4 fully saturated rings. The van der Waals surface area contributed by atoms with Gasteiger partial charge in [0.25, 0.3) is 0 Å². The number of aliphatic hydroxyl groups excluding tert-OH is 2. The monoisotopic (exact) mass is 336 g/mol. The van der Waals surface area contributed by atoms with Gasteiger partial charge in [0.15, 0.2) is 0 Å². The Morgan fingerprint density at radius 3 is 2.38 bits per heavy atom. The van der Waals surface area contributed by atoms with Crippen molar-refractivity contribution in [3.8, 4) is 0 Å². The van der Waals surface area contributed by atoms with Crippen LogP contribution in [0.3, 0.4) is 0 Å². The first-order chi connectivity index (χ1) is 11.3. The number of methoxy groups -OCH3 is 1. The standard InChI is InChI=1S/C20H32O4/c1-19-8-6-11(21)10-14(19)17(22)18(23)16-12-4-5-15(24-3)20(12,2)9-7-13(16)19/h12-18,22-23H,4-10H2,1-3H3/t12-,13-,14+,15-,16-,17+,18+,19+,20-/m0/s1. The summed E-state index contributed by atoms with van der Waals surface area (Å²) < 4.78 is 5.78. The number of ketones is 1. The van der Waals surface area contributed by atoms with Crippen LogP contribution in [0.1, 0.15) is 58.8 Å². The highest BCUT2D eigenvalue weighted by Crippen LogP contribution is 2.66. The average Bonchev–Trinajstić information content (AvgIpc) is 2.90. The van der Waals surface area contributed by atoms with Crippen molar-refractivity contribution in [2.45, 2.75) is 77.1 Å². The molecule has 0 radical (unpaired) electrons. The number of carbonyl (C=O) groups is 1. The lowest BCUT2D eigenvalue weighted by atomic mass is 9.44. The van der Waals surface area contributed by atoms with Crippen molar-refractivity contribution in [3.63, 3.8) is 0 Å². The molecule has 0 aromatic carbocycles. The van der Waals surface area contributed by atoms with Crippen molar-refractivity contribution in [1.82, 2.24) is 0 Å². The molecular weight excluding hydrogens is 304 g/mol. The van der Waals surface area contributed by atoms with Crippen molar-refractivity contribution < 1.29 is 19.7 Å². The number of aliphatic hydroxyl groups is 2. The lowest BCUT2D eigenvalue weighted by Gasteiger charge is -2.62. The lowest BCUT2D eigenvalue weighted by molar-refractivity contribution is -0.216. The van der Waals surface area contributed by atoms with Crippen molar-refractivity contribution in [3.05, 3.63) is 0 Å². The van der Waals surface area contributed by atoms with Gasteiger partial charge in [-0.2, -0.15) is 0 Å². The normalized spacial score (nSPS) is 57.2. The Balaban J connectivity index is 1.71. The summed E-state index contributed by atoms with van der Waals surface area (Å²) in [6, 6.07) is 0. The Bertz CT molecular complexity index is 534. The first kappa shape index (κ1) is 17.0. The molecule has 0 heterocycles. The minimum Gasteiger partial charge on any atom is -0.390 e. The third-order valence-electron chi connectivity index (χ3n) is 8.77. The van der Waals surface area contributed by atoms with E-state index in [2.05, 4.69) is 13.8 Å². The maximum Gasteiger partial charge on any atom is 0.133 e. The maximum atomic E-state index is 12.0. The number of rotatable bonds is 1. The second-order valence-corrected chi connectivity index (χ2v) is 9.47. The number of Topliss-reactive ketones (excluding diaryl/α,β-unsaturated/α-hetero) is 1. The van der Waals surface area contributed by atoms with Gasteiger partial charge >= 0.3 is 0 Å². The van der Waals surface area contributed by atoms with Gasteiger partial charge < -0.3 is 14.9 Å². The second-order valence-electron chi connectivity index (χ2n) is 9.47. The molecule has 0 aromatic rings. The molecule has 4 heteroatoms. The zero-order valence-electron chi connectivity index (χ0n) is 15.2. The lowest BCUT2D eigenvalue weighted by Crippen LogP contribution is -2.64. The Labute approximate surface area is 145 Å². The number of carbonyl (C=O) groups excluding carboxylic acids is 1. The molecule has 0 aliphatic heterocycles. The van der Waals surface area contributed by atoms with Crippen molar-refractivity contribution in [1.29, 1.82) is 0 Å². The molecule has 0 bridgehead atoms. The van der Waals surface area contributed by atoms with Crippen molar-refractivity contribution in [2.75, 3.05) is 7.11 Å². The van der Waals surface area contributed by atoms with E-state index >= 15 is 0 Å². The molecule has 24 heavy (non-hydrogen) atoms. The molecule has 4 rings (SSSR count). The molecule has 2 N–H and O–H groups in total. The molecule has 0 unspecified atom stereocenters. The summed E-state index contributed by atoms with van der Waals surface area (Å²) in [7, 11) is 1.81. The van der Waals surface area contributed by atoms with E-state index in [-0.39, 0.29) is 34.6 Å². The Kier molecular flexibility index (Phi) is 3.91. The van der Waals surface area contributed by atoms with Gasteiger partial charge in [-0.25, -0.2) is 0 Å². The third kappa shape index (κ3) is 2.05. The van der Waals surface area contributed by atoms with Gasteiger partial charge in [-0.15, -0.1) is 0 Å². The smallest absolute Gasteiger partial charge is 0.133 e. The largest absolute Gasteiger partial charge is 0.390 e. The molecule has 4 aliphatic rings. The van der Waals surface area contributed by atoms with Crippen LogP contribution in [-0.4, -0.2) is 41.4 Å². The van der Waals surface area contributed by atoms with Crippen LogP contribution < -0.4 is 0 Å². The quantitative estimate of drug-likeness (QED) is 0.772. The van der Waals surface area contributed by atoms with Crippen LogP contribution in [-0.2, 0) is 9.53 Å². The zero-order chi connectivity index (χ0) is 17.3. The van der Waals surface area contributed by atoms with E-state index < -0.39 is 12.2 Å². The fourth-order valence-corrected chi connectivity index (χ4v) is 7.39. The Hall–Kier alpha value is -0.450. The fourth-order valence-electron chi connectivity index (χ4n) is 7.39. The first-order valence-corrected chi connectivity index (χ1v) is 9.73. The van der Waals surface area contributed by atoms with Gasteiger partial charge in [0.1, 0.15) is 5.78 Å². The molecule has 4 saturated carbocycles. The molecule has 9 atom stereocenters. The van der Waals surface area contributed by atoms with Crippen molar-refractivity contribution in [2.24, 2.45) is 34.5 Å². The maximum absolute atomic E-state index is 12.0. The fraction of sp³-hybridized carbons (Fsp3) is 0.950. The molecule has 0 aromatic heterocycles.